The van der Waals surface area contributed by atoms with Crippen LogP contribution < -0.4 is 14.8 Å². The number of aryl methyl sites for hydroxylation is 1. The maximum Gasteiger partial charge on any atom is 0.161 e. The molecule has 0 bridgehead atoms. The van der Waals surface area contributed by atoms with Crippen LogP contribution in [0.15, 0.2) is 23.6 Å². The molecule has 0 spiro atoms. The molecule has 0 aliphatic heterocycles. The summed E-state index contributed by atoms with van der Waals surface area (Å²) in [6.45, 7) is 2.01. The fraction of sp³-hybridized carbons (Fsp3) is 0.357. The second-order valence-electron chi connectivity index (χ2n) is 4.13. The molecule has 0 fully saturated rings. The van der Waals surface area contributed by atoms with Gasteiger partial charge in [-0.3, -0.25) is 0 Å². The van der Waals surface area contributed by atoms with E-state index in [-0.39, 0.29) is 6.04 Å². The summed E-state index contributed by atoms with van der Waals surface area (Å²) < 4.78 is 10.6. The summed E-state index contributed by atoms with van der Waals surface area (Å²) in [6.07, 6.45) is 0. The summed E-state index contributed by atoms with van der Waals surface area (Å²) in [4.78, 5) is 4.54. The number of rotatable bonds is 5. The molecule has 1 heterocycles. The lowest BCUT2D eigenvalue weighted by molar-refractivity contribution is 0.354. The average molecular weight is 278 g/mol. The second kappa shape index (κ2) is 6.04. The molecule has 1 atom stereocenters. The van der Waals surface area contributed by atoms with E-state index < -0.39 is 0 Å². The first-order chi connectivity index (χ1) is 9.19. The molecule has 0 saturated carbocycles. The molecule has 0 radical (unpaired) electrons. The normalized spacial score (nSPS) is 12.2. The van der Waals surface area contributed by atoms with Gasteiger partial charge in [-0.15, -0.1) is 11.3 Å². The quantitative estimate of drug-likeness (QED) is 0.913. The zero-order valence-electron chi connectivity index (χ0n) is 11.6. The van der Waals surface area contributed by atoms with E-state index in [4.69, 9.17) is 9.47 Å². The summed E-state index contributed by atoms with van der Waals surface area (Å²) in [5.41, 5.74) is 2.13. The molecule has 2 rings (SSSR count). The SMILES string of the molecule is CNC(c1ccc(OC)c(OC)c1)c1csc(C)n1. The Hall–Kier alpha value is -1.59. The third-order valence-electron chi connectivity index (χ3n) is 2.96. The van der Waals surface area contributed by atoms with Gasteiger partial charge >= 0.3 is 0 Å². The Morgan fingerprint density at radius 1 is 1.21 bits per heavy atom. The fourth-order valence-corrected chi connectivity index (χ4v) is 2.67. The predicted molar refractivity (Wildman–Crippen MR) is 77.3 cm³/mol. The first-order valence-corrected chi connectivity index (χ1v) is 6.88. The van der Waals surface area contributed by atoms with Crippen molar-refractivity contribution < 1.29 is 9.47 Å². The molecule has 4 nitrogen and oxygen atoms in total. The number of ether oxygens (including phenoxy) is 2. The van der Waals surface area contributed by atoms with E-state index in [1.54, 1.807) is 25.6 Å². The van der Waals surface area contributed by atoms with Crippen LogP contribution in [0.25, 0.3) is 0 Å². The van der Waals surface area contributed by atoms with Gasteiger partial charge in [0.25, 0.3) is 0 Å². The fourth-order valence-electron chi connectivity index (χ4n) is 2.03. The Morgan fingerprint density at radius 3 is 2.47 bits per heavy atom. The van der Waals surface area contributed by atoms with Crippen molar-refractivity contribution in [3.8, 4) is 11.5 Å². The molecule has 2 aromatic rings. The summed E-state index contributed by atoms with van der Waals surface area (Å²) in [5.74, 6) is 1.46. The number of aromatic nitrogens is 1. The van der Waals surface area contributed by atoms with Gasteiger partial charge in [0.2, 0.25) is 0 Å². The van der Waals surface area contributed by atoms with Crippen LogP contribution in [0.4, 0.5) is 0 Å². The number of nitrogens with zero attached hydrogens (tertiary/aromatic N) is 1. The van der Waals surface area contributed by atoms with E-state index in [0.29, 0.717) is 0 Å². The molecule has 1 N–H and O–H groups in total. The third kappa shape index (κ3) is 2.88. The van der Waals surface area contributed by atoms with E-state index in [1.165, 1.54) is 0 Å². The maximum absolute atomic E-state index is 5.34. The molecular weight excluding hydrogens is 260 g/mol. The zero-order chi connectivity index (χ0) is 13.8. The smallest absolute Gasteiger partial charge is 0.161 e. The van der Waals surface area contributed by atoms with Crippen LogP contribution in [0, 0.1) is 6.92 Å². The lowest BCUT2D eigenvalue weighted by Crippen LogP contribution is -2.18. The number of thiazole rings is 1. The van der Waals surface area contributed by atoms with E-state index >= 15 is 0 Å². The van der Waals surface area contributed by atoms with Gasteiger partial charge in [0.1, 0.15) is 0 Å². The van der Waals surface area contributed by atoms with Gasteiger partial charge in [-0.2, -0.15) is 0 Å². The van der Waals surface area contributed by atoms with Crippen LogP contribution in [-0.4, -0.2) is 26.3 Å². The summed E-state index contributed by atoms with van der Waals surface area (Å²) >= 11 is 1.65. The van der Waals surface area contributed by atoms with Crippen molar-refractivity contribution >= 4 is 11.3 Å². The highest BCUT2D eigenvalue weighted by atomic mass is 32.1. The monoisotopic (exact) mass is 278 g/mol. The number of benzene rings is 1. The molecule has 0 saturated heterocycles. The number of hydrogen-bond acceptors (Lipinski definition) is 5. The molecule has 5 heteroatoms. The number of methoxy groups -OCH3 is 2. The van der Waals surface area contributed by atoms with Crippen LogP contribution in [0.2, 0.25) is 0 Å². The number of nitrogens with one attached hydrogen (secondary N) is 1. The molecule has 0 aliphatic carbocycles. The van der Waals surface area contributed by atoms with E-state index in [1.807, 2.05) is 32.2 Å². The van der Waals surface area contributed by atoms with Crippen LogP contribution in [0.5, 0.6) is 11.5 Å². The number of hydrogen-bond donors (Lipinski definition) is 1. The molecule has 0 amide bonds. The summed E-state index contributed by atoms with van der Waals surface area (Å²) in [7, 11) is 5.20. The molecule has 0 aliphatic rings. The highest BCUT2D eigenvalue weighted by Crippen LogP contribution is 2.32. The Bertz CT molecular complexity index is 554. The Balaban J connectivity index is 2.38. The largest absolute Gasteiger partial charge is 0.493 e. The zero-order valence-corrected chi connectivity index (χ0v) is 12.4. The van der Waals surface area contributed by atoms with Crippen molar-refractivity contribution in [1.82, 2.24) is 10.3 Å². The first-order valence-electron chi connectivity index (χ1n) is 6.00. The maximum atomic E-state index is 5.34. The van der Waals surface area contributed by atoms with E-state index in [0.717, 1.165) is 27.8 Å². The van der Waals surface area contributed by atoms with Gasteiger partial charge in [-0.1, -0.05) is 6.07 Å². The minimum atomic E-state index is 0.0600. The third-order valence-corrected chi connectivity index (χ3v) is 3.75. The lowest BCUT2D eigenvalue weighted by Gasteiger charge is -2.16. The van der Waals surface area contributed by atoms with Gasteiger partial charge < -0.3 is 14.8 Å². The Kier molecular flexibility index (Phi) is 4.39. The molecule has 19 heavy (non-hydrogen) atoms. The predicted octanol–water partition coefficient (Wildman–Crippen LogP) is 2.78. The van der Waals surface area contributed by atoms with Crippen LogP contribution in [0.1, 0.15) is 22.3 Å². The van der Waals surface area contributed by atoms with Crippen molar-refractivity contribution in [1.29, 1.82) is 0 Å². The highest BCUT2D eigenvalue weighted by molar-refractivity contribution is 7.09. The topological polar surface area (TPSA) is 43.4 Å². The van der Waals surface area contributed by atoms with Gasteiger partial charge in [0.15, 0.2) is 11.5 Å². The standard InChI is InChI=1S/C14H18N2O2S/c1-9-16-11(8-19-9)14(15-2)10-5-6-12(17-3)13(7-10)18-4/h5-8,14-15H,1-4H3. The highest BCUT2D eigenvalue weighted by Gasteiger charge is 2.17. The molecule has 1 aromatic carbocycles. The van der Waals surface area contributed by atoms with E-state index in [9.17, 15) is 0 Å². The van der Waals surface area contributed by atoms with Gasteiger partial charge in [0, 0.05) is 5.38 Å². The Labute approximate surface area is 117 Å². The molecule has 102 valence electrons. The summed E-state index contributed by atoms with van der Waals surface area (Å²) in [6, 6.07) is 5.98. The van der Waals surface area contributed by atoms with E-state index in [2.05, 4.69) is 15.7 Å². The van der Waals surface area contributed by atoms with Gasteiger partial charge in [0.05, 0.1) is 31.0 Å². The Morgan fingerprint density at radius 2 is 1.95 bits per heavy atom. The average Bonchev–Trinajstić information content (AvgIpc) is 2.86. The molecule has 1 unspecified atom stereocenters. The van der Waals surface area contributed by atoms with Crippen LogP contribution in [0.3, 0.4) is 0 Å². The van der Waals surface area contributed by atoms with Crippen molar-refractivity contribution in [3.05, 3.63) is 39.8 Å². The first kappa shape index (κ1) is 13.8. The second-order valence-corrected chi connectivity index (χ2v) is 5.19. The van der Waals surface area contributed by atoms with Crippen LogP contribution in [-0.2, 0) is 0 Å². The van der Waals surface area contributed by atoms with Crippen molar-refractivity contribution in [3.63, 3.8) is 0 Å². The molecule has 1 aromatic heterocycles. The lowest BCUT2D eigenvalue weighted by atomic mass is 10.0. The van der Waals surface area contributed by atoms with Crippen molar-refractivity contribution in [2.45, 2.75) is 13.0 Å². The summed E-state index contributed by atoms with van der Waals surface area (Å²) in [5, 5.41) is 6.43. The van der Waals surface area contributed by atoms with Crippen molar-refractivity contribution in [2.75, 3.05) is 21.3 Å². The molecular formula is C14H18N2O2S. The minimum absolute atomic E-state index is 0.0600. The van der Waals surface area contributed by atoms with Gasteiger partial charge in [-0.05, 0) is 31.7 Å². The van der Waals surface area contributed by atoms with Crippen LogP contribution >= 0.6 is 11.3 Å². The minimum Gasteiger partial charge on any atom is -0.493 e. The van der Waals surface area contributed by atoms with Crippen molar-refractivity contribution in [2.24, 2.45) is 0 Å². The van der Waals surface area contributed by atoms with Gasteiger partial charge in [-0.25, -0.2) is 4.98 Å².